The van der Waals surface area contributed by atoms with Crippen LogP contribution >= 0.6 is 11.6 Å². The molecule has 27 heavy (non-hydrogen) atoms. The Morgan fingerprint density at radius 1 is 1.26 bits per heavy atom. The molecule has 0 aromatic heterocycles. The Bertz CT molecular complexity index is 801. The number of carbonyl (C=O) groups excluding carboxylic acids is 1. The summed E-state index contributed by atoms with van der Waals surface area (Å²) in [5.41, 5.74) is 1.07. The predicted molar refractivity (Wildman–Crippen MR) is 105 cm³/mol. The van der Waals surface area contributed by atoms with Crippen LogP contribution in [0.2, 0.25) is 5.02 Å². The molecule has 0 aliphatic heterocycles. The van der Waals surface area contributed by atoms with Crippen molar-refractivity contribution in [3.63, 3.8) is 0 Å². The first-order valence-corrected chi connectivity index (χ1v) is 8.99. The second-order valence-corrected chi connectivity index (χ2v) is 6.56. The molecule has 1 amide bonds. The van der Waals surface area contributed by atoms with Crippen molar-refractivity contribution in [2.24, 2.45) is 0 Å². The molecule has 7 heteroatoms. The normalized spacial score (nSPS) is 12.0. The molecule has 1 N–H and O–H groups in total. The van der Waals surface area contributed by atoms with Crippen LogP contribution in [0.1, 0.15) is 19.4 Å². The Labute approximate surface area is 164 Å². The first kappa shape index (κ1) is 21.0. The molecule has 0 radical (unpaired) electrons. The van der Waals surface area contributed by atoms with Gasteiger partial charge in [-0.25, -0.2) is 4.39 Å². The molecule has 0 saturated heterocycles. The minimum atomic E-state index is -0.568. The highest BCUT2D eigenvalue weighted by Crippen LogP contribution is 2.28. The van der Waals surface area contributed by atoms with E-state index in [1.165, 1.54) is 12.1 Å². The monoisotopic (exact) mass is 394 g/mol. The van der Waals surface area contributed by atoms with Crippen molar-refractivity contribution < 1.29 is 18.7 Å². The summed E-state index contributed by atoms with van der Waals surface area (Å²) >= 11 is 5.73. The lowest BCUT2D eigenvalue weighted by Gasteiger charge is -2.24. The first-order valence-electron chi connectivity index (χ1n) is 8.61. The SMILES string of the molecule is CCOc1ccc(CN(C)[C@H](C)C(=O)Nc2ccc(Cl)cc2F)cc1OC. The van der Waals surface area contributed by atoms with Crippen LogP contribution in [0.3, 0.4) is 0 Å². The summed E-state index contributed by atoms with van der Waals surface area (Å²) in [6.07, 6.45) is 0. The second-order valence-electron chi connectivity index (χ2n) is 6.12. The van der Waals surface area contributed by atoms with E-state index in [0.29, 0.717) is 24.7 Å². The highest BCUT2D eigenvalue weighted by atomic mass is 35.5. The number of halogens is 2. The van der Waals surface area contributed by atoms with Gasteiger partial charge in [-0.2, -0.15) is 0 Å². The Kier molecular flexibility index (Phi) is 7.45. The van der Waals surface area contributed by atoms with E-state index < -0.39 is 11.9 Å². The Morgan fingerprint density at radius 3 is 2.63 bits per heavy atom. The molecule has 2 aromatic carbocycles. The lowest BCUT2D eigenvalue weighted by atomic mass is 10.1. The predicted octanol–water partition coefficient (Wildman–Crippen LogP) is 4.35. The van der Waals surface area contributed by atoms with Crippen LogP contribution in [-0.4, -0.2) is 37.6 Å². The van der Waals surface area contributed by atoms with Gasteiger partial charge < -0.3 is 14.8 Å². The molecule has 0 aliphatic rings. The summed E-state index contributed by atoms with van der Waals surface area (Å²) in [6, 6.07) is 9.31. The van der Waals surface area contributed by atoms with Crippen LogP contribution in [0.25, 0.3) is 0 Å². The first-order chi connectivity index (χ1) is 12.8. The number of nitrogens with one attached hydrogen (secondary N) is 1. The summed E-state index contributed by atoms with van der Waals surface area (Å²) in [5.74, 6) is 0.442. The number of benzene rings is 2. The van der Waals surface area contributed by atoms with Gasteiger partial charge in [-0.3, -0.25) is 9.69 Å². The van der Waals surface area contributed by atoms with Gasteiger partial charge in [0, 0.05) is 11.6 Å². The molecule has 0 bridgehead atoms. The van der Waals surface area contributed by atoms with Crippen molar-refractivity contribution in [2.75, 3.05) is 26.1 Å². The molecule has 1 atom stereocenters. The largest absolute Gasteiger partial charge is 0.493 e. The molecular formula is C20H24ClFN2O3. The molecular weight excluding hydrogens is 371 g/mol. The number of carbonyl (C=O) groups is 1. The molecule has 0 heterocycles. The van der Waals surface area contributed by atoms with Crippen LogP contribution < -0.4 is 14.8 Å². The van der Waals surface area contributed by atoms with Crippen LogP contribution in [0.4, 0.5) is 10.1 Å². The zero-order valence-electron chi connectivity index (χ0n) is 15.9. The van der Waals surface area contributed by atoms with Gasteiger partial charge in [-0.1, -0.05) is 17.7 Å². The van der Waals surface area contributed by atoms with E-state index in [-0.39, 0.29) is 16.6 Å². The summed E-state index contributed by atoms with van der Waals surface area (Å²) in [7, 11) is 3.41. The molecule has 146 valence electrons. The zero-order chi connectivity index (χ0) is 20.0. The second kappa shape index (κ2) is 9.58. The number of likely N-dealkylation sites (N-methyl/N-ethyl adjacent to an activating group) is 1. The number of nitrogens with zero attached hydrogens (tertiary/aromatic N) is 1. The van der Waals surface area contributed by atoms with Crippen molar-refractivity contribution in [3.05, 3.63) is 52.8 Å². The van der Waals surface area contributed by atoms with E-state index in [2.05, 4.69) is 5.32 Å². The molecule has 2 aromatic rings. The fourth-order valence-corrected chi connectivity index (χ4v) is 2.70. The average molecular weight is 395 g/mol. The fraction of sp³-hybridized carbons (Fsp3) is 0.350. The molecule has 0 unspecified atom stereocenters. The Morgan fingerprint density at radius 2 is 2.00 bits per heavy atom. The van der Waals surface area contributed by atoms with E-state index in [1.807, 2.05) is 37.1 Å². The number of anilines is 1. The van der Waals surface area contributed by atoms with Gasteiger partial charge in [-0.05, 0) is 56.8 Å². The lowest BCUT2D eigenvalue weighted by Crippen LogP contribution is -2.39. The third kappa shape index (κ3) is 5.58. The number of amides is 1. The average Bonchev–Trinajstić information content (AvgIpc) is 2.64. The molecule has 0 spiro atoms. The molecule has 0 aliphatic carbocycles. The third-order valence-electron chi connectivity index (χ3n) is 4.19. The molecule has 0 saturated carbocycles. The van der Waals surface area contributed by atoms with Crippen LogP contribution in [0, 0.1) is 5.82 Å². The maximum absolute atomic E-state index is 13.9. The van der Waals surface area contributed by atoms with Crippen molar-refractivity contribution in [2.45, 2.75) is 26.4 Å². The van der Waals surface area contributed by atoms with Crippen molar-refractivity contribution in [1.82, 2.24) is 4.90 Å². The van der Waals surface area contributed by atoms with Gasteiger partial charge in [0.1, 0.15) is 5.82 Å². The third-order valence-corrected chi connectivity index (χ3v) is 4.42. The van der Waals surface area contributed by atoms with Crippen molar-refractivity contribution in [1.29, 1.82) is 0 Å². The minimum Gasteiger partial charge on any atom is -0.493 e. The highest BCUT2D eigenvalue weighted by Gasteiger charge is 2.20. The van der Waals surface area contributed by atoms with E-state index in [1.54, 1.807) is 14.0 Å². The number of hydrogen-bond donors (Lipinski definition) is 1. The van der Waals surface area contributed by atoms with E-state index in [9.17, 15) is 9.18 Å². The lowest BCUT2D eigenvalue weighted by molar-refractivity contribution is -0.120. The van der Waals surface area contributed by atoms with Gasteiger partial charge in [0.15, 0.2) is 11.5 Å². The van der Waals surface area contributed by atoms with Gasteiger partial charge in [0.2, 0.25) is 5.91 Å². The number of ether oxygens (including phenoxy) is 2. The summed E-state index contributed by atoms with van der Waals surface area (Å²) in [6.45, 7) is 4.73. The number of methoxy groups -OCH3 is 1. The zero-order valence-corrected chi connectivity index (χ0v) is 16.6. The summed E-state index contributed by atoms with van der Waals surface area (Å²) < 4.78 is 24.7. The topological polar surface area (TPSA) is 50.8 Å². The molecule has 2 rings (SSSR count). The van der Waals surface area contributed by atoms with Gasteiger partial charge in [0.05, 0.1) is 25.4 Å². The molecule has 5 nitrogen and oxygen atoms in total. The number of rotatable bonds is 8. The van der Waals surface area contributed by atoms with Crippen LogP contribution in [-0.2, 0) is 11.3 Å². The van der Waals surface area contributed by atoms with Crippen LogP contribution in [0.15, 0.2) is 36.4 Å². The smallest absolute Gasteiger partial charge is 0.241 e. The van der Waals surface area contributed by atoms with E-state index in [0.717, 1.165) is 11.6 Å². The fourth-order valence-electron chi connectivity index (χ4n) is 2.54. The summed E-state index contributed by atoms with van der Waals surface area (Å²) in [5, 5.41) is 2.87. The quantitative estimate of drug-likeness (QED) is 0.723. The Balaban J connectivity index is 2.04. The maximum Gasteiger partial charge on any atom is 0.241 e. The van der Waals surface area contributed by atoms with Crippen molar-refractivity contribution in [3.8, 4) is 11.5 Å². The van der Waals surface area contributed by atoms with Gasteiger partial charge in [-0.15, -0.1) is 0 Å². The van der Waals surface area contributed by atoms with Gasteiger partial charge in [0.25, 0.3) is 0 Å². The molecule has 0 fully saturated rings. The standard InChI is InChI=1S/C20H24ClFN2O3/c1-5-27-18-9-6-14(10-19(18)26-4)12-24(3)13(2)20(25)23-17-8-7-15(21)11-16(17)22/h6-11,13H,5,12H2,1-4H3,(H,23,25)/t13-/m1/s1. The highest BCUT2D eigenvalue weighted by molar-refractivity contribution is 6.30. The Hall–Kier alpha value is -2.31. The van der Waals surface area contributed by atoms with Crippen molar-refractivity contribution >= 4 is 23.2 Å². The summed E-state index contributed by atoms with van der Waals surface area (Å²) in [4.78, 5) is 14.3. The minimum absolute atomic E-state index is 0.104. The van der Waals surface area contributed by atoms with Crippen LogP contribution in [0.5, 0.6) is 11.5 Å². The van der Waals surface area contributed by atoms with E-state index >= 15 is 0 Å². The maximum atomic E-state index is 13.9. The van der Waals surface area contributed by atoms with Gasteiger partial charge >= 0.3 is 0 Å². The van der Waals surface area contributed by atoms with E-state index in [4.69, 9.17) is 21.1 Å². The number of hydrogen-bond acceptors (Lipinski definition) is 4.